The Morgan fingerprint density at radius 2 is 2.05 bits per heavy atom. The molecule has 2 saturated heterocycles. The lowest BCUT2D eigenvalue weighted by Crippen LogP contribution is -2.39. The van der Waals surface area contributed by atoms with Gasteiger partial charge in [-0.3, -0.25) is 0 Å². The van der Waals surface area contributed by atoms with Crippen molar-refractivity contribution in [3.63, 3.8) is 0 Å². The summed E-state index contributed by atoms with van der Waals surface area (Å²) in [5.41, 5.74) is 0. The van der Waals surface area contributed by atoms with Gasteiger partial charge in [0.05, 0.1) is 11.4 Å². The highest BCUT2D eigenvalue weighted by Crippen LogP contribution is 2.43. The van der Waals surface area contributed by atoms with E-state index in [1.54, 1.807) is 0 Å². The topological polar surface area (TPSA) is 58.4 Å². The van der Waals surface area contributed by atoms with Crippen molar-refractivity contribution in [2.24, 2.45) is 0 Å². The first-order valence-electron chi connectivity index (χ1n) is 7.21. The third kappa shape index (κ3) is 2.92. The molecular weight excluding hydrogens is 401 g/mol. The Kier molecular flexibility index (Phi) is 3.97. The van der Waals surface area contributed by atoms with Gasteiger partial charge in [0.25, 0.3) is 0 Å². The molecule has 0 radical (unpaired) electrons. The summed E-state index contributed by atoms with van der Waals surface area (Å²) in [7, 11) is -1.47. The van der Waals surface area contributed by atoms with Gasteiger partial charge in [0, 0.05) is 10.6 Å². The molecule has 4 atom stereocenters. The summed E-state index contributed by atoms with van der Waals surface area (Å²) in [6.45, 7) is 10.6. The molecule has 3 heterocycles. The summed E-state index contributed by atoms with van der Waals surface area (Å²) < 4.78 is 20.7. The molecule has 0 unspecified atom stereocenters. The number of fused-ring (bicyclic) bond motifs is 1. The smallest absolute Gasteiger partial charge is 0.189 e. The SMILES string of the molecule is CC1(C)O[C@H]2O[C@H](CI)[C@H](n3cc([Si](C)(C)C)nn3)[C@H]2O1. The van der Waals surface area contributed by atoms with Gasteiger partial charge < -0.3 is 14.2 Å². The van der Waals surface area contributed by atoms with E-state index in [-0.39, 0.29) is 24.5 Å². The van der Waals surface area contributed by atoms with Crippen molar-refractivity contribution in [2.45, 2.75) is 63.8 Å². The molecule has 118 valence electrons. The molecule has 6 nitrogen and oxygen atoms in total. The average molecular weight is 423 g/mol. The lowest BCUT2D eigenvalue weighted by atomic mass is 10.1. The minimum atomic E-state index is -1.47. The van der Waals surface area contributed by atoms with Gasteiger partial charge in [0.15, 0.2) is 12.1 Å². The fourth-order valence-corrected chi connectivity index (χ4v) is 4.37. The van der Waals surface area contributed by atoms with E-state index in [1.165, 1.54) is 0 Å². The Balaban J connectivity index is 1.90. The van der Waals surface area contributed by atoms with E-state index < -0.39 is 13.9 Å². The Morgan fingerprint density at radius 1 is 1.33 bits per heavy atom. The standard InChI is InChI=1S/C13H22IN3O3Si/c1-13(2)19-11-10(8(6-14)18-12(11)20-13)17-7-9(15-16-17)21(3,4)5/h7-8,10-12H,6H2,1-5H3/t8-,10+,11-,12-/m1/s1. The van der Waals surface area contributed by atoms with Crippen molar-refractivity contribution in [1.82, 2.24) is 15.0 Å². The lowest BCUT2D eigenvalue weighted by Gasteiger charge is -2.24. The molecule has 1 aromatic rings. The van der Waals surface area contributed by atoms with Crippen LogP contribution in [0.2, 0.25) is 19.6 Å². The molecule has 21 heavy (non-hydrogen) atoms. The Labute approximate surface area is 139 Å². The van der Waals surface area contributed by atoms with E-state index in [0.717, 1.165) is 9.74 Å². The minimum Gasteiger partial charge on any atom is -0.343 e. The van der Waals surface area contributed by atoms with Crippen LogP contribution >= 0.6 is 22.6 Å². The van der Waals surface area contributed by atoms with E-state index in [0.29, 0.717) is 0 Å². The number of alkyl halides is 1. The summed E-state index contributed by atoms with van der Waals surface area (Å²) >= 11 is 2.33. The molecule has 0 N–H and O–H groups in total. The van der Waals surface area contributed by atoms with E-state index in [2.05, 4.69) is 58.7 Å². The number of halogens is 1. The maximum atomic E-state index is 6.04. The molecule has 2 aliphatic rings. The summed E-state index contributed by atoms with van der Waals surface area (Å²) in [4.78, 5) is 0. The fourth-order valence-electron chi connectivity index (χ4n) is 2.77. The highest BCUT2D eigenvalue weighted by Gasteiger charge is 2.55. The molecule has 0 aromatic carbocycles. The van der Waals surface area contributed by atoms with Crippen LogP contribution in [0, 0.1) is 0 Å². The van der Waals surface area contributed by atoms with Crippen LogP contribution in [0.3, 0.4) is 0 Å². The van der Waals surface area contributed by atoms with Gasteiger partial charge in [0.2, 0.25) is 0 Å². The van der Waals surface area contributed by atoms with Crippen molar-refractivity contribution in [3.8, 4) is 0 Å². The number of hydrogen-bond acceptors (Lipinski definition) is 5. The Morgan fingerprint density at radius 3 is 2.62 bits per heavy atom. The average Bonchev–Trinajstić information content (AvgIpc) is 2.98. The van der Waals surface area contributed by atoms with Crippen LogP contribution in [-0.4, -0.2) is 51.8 Å². The second-order valence-corrected chi connectivity index (χ2v) is 13.0. The van der Waals surface area contributed by atoms with Crippen molar-refractivity contribution in [3.05, 3.63) is 6.20 Å². The zero-order valence-electron chi connectivity index (χ0n) is 13.0. The minimum absolute atomic E-state index is 0.0197. The highest BCUT2D eigenvalue weighted by atomic mass is 127. The van der Waals surface area contributed by atoms with Gasteiger partial charge in [-0.2, -0.15) is 0 Å². The van der Waals surface area contributed by atoms with Crippen molar-refractivity contribution >= 4 is 36.0 Å². The molecule has 0 bridgehead atoms. The largest absolute Gasteiger partial charge is 0.343 e. The van der Waals surface area contributed by atoms with Crippen LogP contribution in [0.5, 0.6) is 0 Å². The Hall–Kier alpha value is -0.0331. The zero-order chi connectivity index (χ0) is 15.4. The molecule has 0 aliphatic carbocycles. The molecule has 2 aliphatic heterocycles. The van der Waals surface area contributed by atoms with Gasteiger partial charge in [-0.25, -0.2) is 4.68 Å². The lowest BCUT2D eigenvalue weighted by molar-refractivity contribution is -0.206. The maximum Gasteiger partial charge on any atom is 0.189 e. The maximum absolute atomic E-state index is 6.04. The monoisotopic (exact) mass is 423 g/mol. The quantitative estimate of drug-likeness (QED) is 0.421. The Bertz CT molecular complexity index is 531. The third-order valence-corrected chi connectivity index (χ3v) is 6.48. The zero-order valence-corrected chi connectivity index (χ0v) is 16.2. The second kappa shape index (κ2) is 5.26. The first-order valence-corrected chi connectivity index (χ1v) is 12.2. The summed E-state index contributed by atoms with van der Waals surface area (Å²) in [6.07, 6.45) is 1.66. The molecule has 0 amide bonds. The van der Waals surface area contributed by atoms with Crippen LogP contribution in [-0.2, 0) is 14.2 Å². The van der Waals surface area contributed by atoms with E-state index >= 15 is 0 Å². The van der Waals surface area contributed by atoms with Gasteiger partial charge in [0.1, 0.15) is 20.2 Å². The normalized spacial score (nSPS) is 35.1. The number of ether oxygens (including phenoxy) is 3. The van der Waals surface area contributed by atoms with Gasteiger partial charge >= 0.3 is 0 Å². The van der Waals surface area contributed by atoms with Gasteiger partial charge in [-0.05, 0) is 13.8 Å². The summed E-state index contributed by atoms with van der Waals surface area (Å²) in [6, 6.07) is 0.0197. The van der Waals surface area contributed by atoms with E-state index in [4.69, 9.17) is 14.2 Å². The number of rotatable bonds is 3. The number of aromatic nitrogens is 3. The van der Waals surface area contributed by atoms with Crippen LogP contribution in [0.1, 0.15) is 19.9 Å². The summed E-state index contributed by atoms with van der Waals surface area (Å²) in [5.74, 6) is -0.605. The first-order chi connectivity index (χ1) is 9.71. The van der Waals surface area contributed by atoms with Crippen molar-refractivity contribution in [1.29, 1.82) is 0 Å². The molecular formula is C13H22IN3O3Si. The summed E-state index contributed by atoms with van der Waals surface area (Å²) in [5, 5.41) is 9.83. The van der Waals surface area contributed by atoms with Gasteiger partial charge in [-0.15, -0.1) is 5.10 Å². The van der Waals surface area contributed by atoms with Crippen molar-refractivity contribution < 1.29 is 14.2 Å². The van der Waals surface area contributed by atoms with E-state index in [1.807, 2.05) is 18.5 Å². The predicted octanol–water partition coefficient (Wildman–Crippen LogP) is 1.68. The van der Waals surface area contributed by atoms with Crippen LogP contribution in [0.4, 0.5) is 0 Å². The number of nitrogens with zero attached hydrogens (tertiary/aromatic N) is 3. The highest BCUT2D eigenvalue weighted by molar-refractivity contribution is 14.1. The predicted molar refractivity (Wildman–Crippen MR) is 89.6 cm³/mol. The van der Waals surface area contributed by atoms with E-state index in [9.17, 15) is 0 Å². The van der Waals surface area contributed by atoms with Crippen LogP contribution < -0.4 is 5.32 Å². The molecule has 3 rings (SSSR count). The molecule has 2 fully saturated rings. The molecule has 0 saturated carbocycles. The molecule has 8 heteroatoms. The number of hydrogen-bond donors (Lipinski definition) is 0. The van der Waals surface area contributed by atoms with Crippen molar-refractivity contribution in [2.75, 3.05) is 4.43 Å². The first kappa shape index (κ1) is 15.8. The second-order valence-electron chi connectivity index (χ2n) is 7.12. The molecule has 0 spiro atoms. The fraction of sp³-hybridized carbons (Fsp3) is 0.846. The third-order valence-electron chi connectivity index (χ3n) is 3.85. The van der Waals surface area contributed by atoms with Gasteiger partial charge in [-0.1, -0.05) is 47.4 Å². The van der Waals surface area contributed by atoms with Crippen LogP contribution in [0.25, 0.3) is 0 Å². The molecule has 1 aromatic heterocycles. The van der Waals surface area contributed by atoms with Crippen LogP contribution in [0.15, 0.2) is 6.20 Å².